The van der Waals surface area contributed by atoms with Crippen LogP contribution in [-0.2, 0) is 22.4 Å². The fourth-order valence-corrected chi connectivity index (χ4v) is 4.05. The van der Waals surface area contributed by atoms with Gasteiger partial charge in [-0.05, 0) is 55.9 Å². The molecule has 0 saturated carbocycles. The Labute approximate surface area is 155 Å². The van der Waals surface area contributed by atoms with Gasteiger partial charge >= 0.3 is 5.97 Å². The van der Waals surface area contributed by atoms with Crippen molar-refractivity contribution in [1.29, 1.82) is 0 Å². The lowest BCUT2D eigenvalue weighted by molar-refractivity contribution is -0.123. The average Bonchev–Trinajstić information content (AvgIpc) is 3.00. The predicted octanol–water partition coefficient (Wildman–Crippen LogP) is 4.11. The van der Waals surface area contributed by atoms with Gasteiger partial charge < -0.3 is 10.1 Å². The largest absolute Gasteiger partial charge is 0.448 e. The molecule has 0 unspecified atom stereocenters. The van der Waals surface area contributed by atoms with E-state index in [-0.39, 0.29) is 5.15 Å². The molecule has 0 fully saturated rings. The lowest BCUT2D eigenvalue weighted by Gasteiger charge is -2.16. The number of carbonyl (C=O) groups excluding carboxylic acids is 2. The number of hydrogen-bond acceptors (Lipinski definition) is 5. The van der Waals surface area contributed by atoms with Crippen LogP contribution in [0.2, 0.25) is 5.15 Å². The fourth-order valence-electron chi connectivity index (χ4n) is 2.79. The summed E-state index contributed by atoms with van der Waals surface area (Å²) in [5, 5.41) is 2.80. The number of esters is 1. The van der Waals surface area contributed by atoms with Crippen LogP contribution >= 0.6 is 22.9 Å². The maximum atomic E-state index is 12.3. The number of ether oxygens (including phenoxy) is 1. The molecule has 0 aromatic carbocycles. The molecule has 0 aliphatic heterocycles. The molecule has 0 spiro atoms. The van der Waals surface area contributed by atoms with Crippen molar-refractivity contribution in [2.75, 3.05) is 5.32 Å². The third-order valence-electron chi connectivity index (χ3n) is 4.20. The van der Waals surface area contributed by atoms with E-state index in [1.54, 1.807) is 12.1 Å². The lowest BCUT2D eigenvalue weighted by atomic mass is 9.90. The summed E-state index contributed by atoms with van der Waals surface area (Å²) in [7, 11) is 0. The number of fused-ring (bicyclic) bond motifs is 1. The summed E-state index contributed by atoms with van der Waals surface area (Å²) in [5.74, 6) is -0.273. The molecule has 2 aromatic rings. The standard InChI is InChI=1S/C18H19ClN2O3S/c1-10-5-6-14-12(8-10)9-15(25-14)18(23)24-11(2)17(22)21-13-4-3-7-20-16(13)19/h3-4,7,9-11H,5-6,8H2,1-2H3,(H,21,22)/t10-,11-/m1/s1. The van der Waals surface area contributed by atoms with Gasteiger partial charge in [-0.2, -0.15) is 0 Å². The number of anilines is 1. The highest BCUT2D eigenvalue weighted by Gasteiger charge is 2.24. The van der Waals surface area contributed by atoms with Gasteiger partial charge in [-0.1, -0.05) is 18.5 Å². The molecule has 1 aliphatic carbocycles. The van der Waals surface area contributed by atoms with Crippen molar-refractivity contribution in [2.24, 2.45) is 5.92 Å². The van der Waals surface area contributed by atoms with Gasteiger partial charge in [-0.3, -0.25) is 4.79 Å². The zero-order valence-corrected chi connectivity index (χ0v) is 15.6. The summed E-state index contributed by atoms with van der Waals surface area (Å²) >= 11 is 7.38. The van der Waals surface area contributed by atoms with Gasteiger partial charge in [0, 0.05) is 11.1 Å². The van der Waals surface area contributed by atoms with Gasteiger partial charge in [0.05, 0.1) is 5.69 Å². The van der Waals surface area contributed by atoms with E-state index in [2.05, 4.69) is 17.2 Å². The summed E-state index contributed by atoms with van der Waals surface area (Å²) in [6.45, 7) is 3.75. The van der Waals surface area contributed by atoms with E-state index in [0.29, 0.717) is 16.5 Å². The first kappa shape index (κ1) is 17.9. The molecule has 0 saturated heterocycles. The van der Waals surface area contributed by atoms with E-state index in [4.69, 9.17) is 16.3 Å². The quantitative estimate of drug-likeness (QED) is 0.642. The molecule has 3 rings (SSSR count). The minimum atomic E-state index is -0.929. The van der Waals surface area contributed by atoms with Crippen LogP contribution < -0.4 is 5.32 Å². The zero-order chi connectivity index (χ0) is 18.0. The number of halogens is 1. The van der Waals surface area contributed by atoms with Crippen LogP contribution in [0.1, 0.15) is 40.4 Å². The Morgan fingerprint density at radius 2 is 2.28 bits per heavy atom. The SMILES string of the molecule is C[C@@H]1CCc2sc(C(=O)O[C@H](C)C(=O)Nc3cccnc3Cl)cc2C1. The number of aromatic nitrogens is 1. The minimum absolute atomic E-state index is 0.189. The van der Waals surface area contributed by atoms with Crippen LogP contribution in [0.3, 0.4) is 0 Å². The molecule has 25 heavy (non-hydrogen) atoms. The zero-order valence-electron chi connectivity index (χ0n) is 14.0. The first-order chi connectivity index (χ1) is 11.9. The first-order valence-electron chi connectivity index (χ1n) is 8.18. The molecule has 2 heterocycles. The van der Waals surface area contributed by atoms with Gasteiger partial charge in [0.15, 0.2) is 11.3 Å². The van der Waals surface area contributed by atoms with E-state index in [1.165, 1.54) is 34.9 Å². The minimum Gasteiger partial charge on any atom is -0.448 e. The van der Waals surface area contributed by atoms with Crippen molar-refractivity contribution in [1.82, 2.24) is 4.98 Å². The molecule has 5 nitrogen and oxygen atoms in total. The van der Waals surface area contributed by atoms with Crippen LogP contribution in [0.5, 0.6) is 0 Å². The second-order valence-electron chi connectivity index (χ2n) is 6.29. The maximum Gasteiger partial charge on any atom is 0.349 e. The molecule has 0 bridgehead atoms. The predicted molar refractivity (Wildman–Crippen MR) is 98.3 cm³/mol. The van der Waals surface area contributed by atoms with Crippen molar-refractivity contribution < 1.29 is 14.3 Å². The first-order valence-corrected chi connectivity index (χ1v) is 9.37. The number of rotatable bonds is 4. The molecule has 2 aromatic heterocycles. The van der Waals surface area contributed by atoms with Gasteiger partial charge in [0.1, 0.15) is 4.88 Å². The number of amides is 1. The fraction of sp³-hybridized carbons (Fsp3) is 0.389. The van der Waals surface area contributed by atoms with E-state index in [1.807, 2.05) is 6.07 Å². The third-order valence-corrected chi connectivity index (χ3v) is 5.72. The summed E-state index contributed by atoms with van der Waals surface area (Å²) in [6, 6.07) is 5.20. The second kappa shape index (κ2) is 7.54. The molecule has 132 valence electrons. The van der Waals surface area contributed by atoms with E-state index in [9.17, 15) is 9.59 Å². The van der Waals surface area contributed by atoms with Gasteiger partial charge in [-0.25, -0.2) is 9.78 Å². The molecule has 0 radical (unpaired) electrons. The Bertz CT molecular complexity index is 805. The highest BCUT2D eigenvalue weighted by molar-refractivity contribution is 7.14. The van der Waals surface area contributed by atoms with Crippen molar-refractivity contribution in [3.8, 4) is 0 Å². The van der Waals surface area contributed by atoms with Crippen molar-refractivity contribution in [2.45, 2.75) is 39.2 Å². The molecule has 1 aliphatic rings. The molecular weight excluding hydrogens is 360 g/mol. The summed E-state index contributed by atoms with van der Waals surface area (Å²) in [5.41, 5.74) is 1.62. The van der Waals surface area contributed by atoms with E-state index in [0.717, 1.165) is 19.3 Å². The number of pyridine rings is 1. The monoisotopic (exact) mass is 378 g/mol. The summed E-state index contributed by atoms with van der Waals surface area (Å²) < 4.78 is 5.31. The number of thiophene rings is 1. The van der Waals surface area contributed by atoms with Crippen molar-refractivity contribution in [3.05, 3.63) is 44.9 Å². The Hall–Kier alpha value is -1.92. The van der Waals surface area contributed by atoms with Crippen molar-refractivity contribution >= 4 is 40.5 Å². The maximum absolute atomic E-state index is 12.3. The summed E-state index contributed by atoms with van der Waals surface area (Å²) in [4.78, 5) is 30.2. The number of carbonyl (C=O) groups is 2. The Kier molecular flexibility index (Phi) is 5.39. The molecule has 1 amide bonds. The number of hydrogen-bond donors (Lipinski definition) is 1. The summed E-state index contributed by atoms with van der Waals surface area (Å²) in [6.07, 6.45) is 3.74. The Morgan fingerprint density at radius 1 is 1.48 bits per heavy atom. The number of nitrogens with zero attached hydrogens (tertiary/aromatic N) is 1. The van der Waals surface area contributed by atoms with Gasteiger partial charge in [-0.15, -0.1) is 11.3 Å². The Balaban J connectivity index is 1.62. The lowest BCUT2D eigenvalue weighted by Crippen LogP contribution is -2.30. The normalized spacial score (nSPS) is 17.5. The molecule has 7 heteroatoms. The highest BCUT2D eigenvalue weighted by Crippen LogP contribution is 2.32. The van der Waals surface area contributed by atoms with E-state index >= 15 is 0 Å². The van der Waals surface area contributed by atoms with Gasteiger partial charge in [0.2, 0.25) is 0 Å². The van der Waals surface area contributed by atoms with Crippen LogP contribution in [-0.4, -0.2) is 23.0 Å². The average molecular weight is 379 g/mol. The topological polar surface area (TPSA) is 68.3 Å². The molecule has 1 N–H and O–H groups in total. The van der Waals surface area contributed by atoms with Crippen LogP contribution in [0, 0.1) is 5.92 Å². The Morgan fingerprint density at radius 3 is 3.04 bits per heavy atom. The smallest absolute Gasteiger partial charge is 0.349 e. The van der Waals surface area contributed by atoms with Crippen molar-refractivity contribution in [3.63, 3.8) is 0 Å². The van der Waals surface area contributed by atoms with Crippen LogP contribution in [0.25, 0.3) is 0 Å². The third kappa shape index (κ3) is 4.19. The second-order valence-corrected chi connectivity index (χ2v) is 7.78. The molecule has 2 atom stereocenters. The van der Waals surface area contributed by atoms with E-state index < -0.39 is 18.0 Å². The van der Waals surface area contributed by atoms with Gasteiger partial charge in [0.25, 0.3) is 5.91 Å². The highest BCUT2D eigenvalue weighted by atomic mass is 35.5. The number of aryl methyl sites for hydroxylation is 1. The van der Waals surface area contributed by atoms with Crippen LogP contribution in [0.4, 0.5) is 5.69 Å². The van der Waals surface area contributed by atoms with Crippen LogP contribution in [0.15, 0.2) is 24.4 Å². The molecular formula is C18H19ClN2O3S. The number of nitrogens with one attached hydrogen (secondary N) is 1.